The summed E-state index contributed by atoms with van der Waals surface area (Å²) in [5.74, 6) is -1.33. The average Bonchev–Trinajstić information content (AvgIpc) is 3.32. The molecule has 4 rings (SSSR count). The molecule has 1 aliphatic heterocycles. The van der Waals surface area contributed by atoms with Crippen LogP contribution in [0.1, 0.15) is 15.9 Å². The van der Waals surface area contributed by atoms with E-state index in [-0.39, 0.29) is 23.0 Å². The molecule has 3 aromatic rings. The molecule has 2 heterocycles. The van der Waals surface area contributed by atoms with Gasteiger partial charge in [-0.2, -0.15) is 4.68 Å². The summed E-state index contributed by atoms with van der Waals surface area (Å²) in [4.78, 5) is 25.2. The summed E-state index contributed by atoms with van der Waals surface area (Å²) in [5, 5.41) is 20.9. The number of anilines is 1. The summed E-state index contributed by atoms with van der Waals surface area (Å²) >= 11 is 1.18. The van der Waals surface area contributed by atoms with E-state index in [4.69, 9.17) is 5.11 Å². The largest absolute Gasteiger partial charge is 0.478 e. The Morgan fingerprint density at radius 3 is 2.71 bits per heavy atom. The predicted molar refractivity (Wildman–Crippen MR) is 99.3 cm³/mol. The van der Waals surface area contributed by atoms with Crippen molar-refractivity contribution in [2.45, 2.75) is 11.6 Å². The van der Waals surface area contributed by atoms with Gasteiger partial charge in [-0.25, -0.2) is 9.18 Å². The van der Waals surface area contributed by atoms with Crippen molar-refractivity contribution in [2.75, 3.05) is 17.2 Å². The van der Waals surface area contributed by atoms with E-state index in [1.807, 2.05) is 0 Å². The Morgan fingerprint density at radius 1 is 1.18 bits per heavy atom. The van der Waals surface area contributed by atoms with E-state index in [1.165, 1.54) is 40.7 Å². The van der Waals surface area contributed by atoms with Crippen molar-refractivity contribution in [3.8, 4) is 5.69 Å². The van der Waals surface area contributed by atoms with Gasteiger partial charge < -0.3 is 10.0 Å². The fourth-order valence-electron chi connectivity index (χ4n) is 3.01. The first-order chi connectivity index (χ1) is 13.5. The lowest BCUT2D eigenvalue weighted by Crippen LogP contribution is -2.30. The number of hydrogen-bond donors (Lipinski definition) is 1. The van der Waals surface area contributed by atoms with Gasteiger partial charge in [0, 0.05) is 12.2 Å². The lowest BCUT2D eigenvalue weighted by Gasteiger charge is -2.16. The number of thioether (sulfide) groups is 1. The summed E-state index contributed by atoms with van der Waals surface area (Å²) in [7, 11) is 0. The van der Waals surface area contributed by atoms with Crippen molar-refractivity contribution in [1.82, 2.24) is 20.2 Å². The summed E-state index contributed by atoms with van der Waals surface area (Å²) in [6.45, 7) is 0.514. The zero-order chi connectivity index (χ0) is 19.7. The number of aromatic carboxylic acids is 1. The fourth-order valence-corrected chi connectivity index (χ4v) is 3.78. The fraction of sp³-hybridized carbons (Fsp3) is 0.167. The number of aromatic nitrogens is 4. The highest BCUT2D eigenvalue weighted by Gasteiger charge is 2.25. The van der Waals surface area contributed by atoms with E-state index >= 15 is 0 Å². The Labute approximate surface area is 163 Å². The van der Waals surface area contributed by atoms with Gasteiger partial charge in [0.1, 0.15) is 5.82 Å². The van der Waals surface area contributed by atoms with Gasteiger partial charge in [-0.15, -0.1) is 5.10 Å². The standard InChI is InChI=1S/C18H14FN5O3S/c19-13-3-6-15-12(9-13)7-8-23(15)16(25)10-28-18-20-21-22-24(18)14-4-1-11(2-5-14)17(26)27/h1-6,9H,7-8,10H2,(H,26,27). The molecular weight excluding hydrogens is 385 g/mol. The van der Waals surface area contributed by atoms with Gasteiger partial charge in [-0.3, -0.25) is 4.79 Å². The number of nitrogens with zero attached hydrogens (tertiary/aromatic N) is 5. The second kappa shape index (κ2) is 7.39. The molecule has 0 aliphatic carbocycles. The highest BCUT2D eigenvalue weighted by Crippen LogP contribution is 2.29. The van der Waals surface area contributed by atoms with Crippen LogP contribution in [0, 0.1) is 5.82 Å². The lowest BCUT2D eigenvalue weighted by molar-refractivity contribution is -0.116. The van der Waals surface area contributed by atoms with Crippen LogP contribution in [0.4, 0.5) is 10.1 Å². The monoisotopic (exact) mass is 399 g/mol. The van der Waals surface area contributed by atoms with Crippen LogP contribution in [0.15, 0.2) is 47.6 Å². The Kier molecular flexibility index (Phi) is 4.78. The molecule has 28 heavy (non-hydrogen) atoms. The van der Waals surface area contributed by atoms with E-state index in [0.29, 0.717) is 23.8 Å². The van der Waals surface area contributed by atoms with E-state index in [1.54, 1.807) is 23.1 Å². The van der Waals surface area contributed by atoms with Crippen molar-refractivity contribution in [2.24, 2.45) is 0 Å². The number of carboxylic acid groups (broad SMARTS) is 1. The van der Waals surface area contributed by atoms with Crippen molar-refractivity contribution in [3.05, 3.63) is 59.4 Å². The Hall–Kier alpha value is -3.27. The molecule has 142 valence electrons. The zero-order valence-electron chi connectivity index (χ0n) is 14.4. The number of fused-ring (bicyclic) bond motifs is 1. The average molecular weight is 399 g/mol. The number of tetrazole rings is 1. The van der Waals surface area contributed by atoms with Gasteiger partial charge in [0.2, 0.25) is 11.1 Å². The van der Waals surface area contributed by atoms with Crippen LogP contribution in [0.2, 0.25) is 0 Å². The molecular formula is C18H14FN5O3S. The SMILES string of the molecule is O=C(O)c1ccc(-n2nnnc2SCC(=O)N2CCc3cc(F)ccc32)cc1. The van der Waals surface area contributed by atoms with E-state index < -0.39 is 5.97 Å². The minimum Gasteiger partial charge on any atom is -0.478 e. The summed E-state index contributed by atoms with van der Waals surface area (Å²) in [6.07, 6.45) is 0.622. The first kappa shape index (κ1) is 18.1. The summed E-state index contributed by atoms with van der Waals surface area (Å²) < 4.78 is 14.8. The van der Waals surface area contributed by atoms with Gasteiger partial charge in [0.25, 0.3) is 0 Å². The van der Waals surface area contributed by atoms with Crippen LogP contribution in [0.5, 0.6) is 0 Å². The van der Waals surface area contributed by atoms with Crippen molar-refractivity contribution in [1.29, 1.82) is 0 Å². The van der Waals surface area contributed by atoms with Gasteiger partial charge in [-0.1, -0.05) is 11.8 Å². The maximum atomic E-state index is 13.3. The molecule has 0 unspecified atom stereocenters. The van der Waals surface area contributed by atoms with Gasteiger partial charge in [0.05, 0.1) is 17.0 Å². The highest BCUT2D eigenvalue weighted by molar-refractivity contribution is 7.99. The maximum absolute atomic E-state index is 13.3. The van der Waals surface area contributed by atoms with Crippen LogP contribution >= 0.6 is 11.8 Å². The molecule has 1 amide bonds. The van der Waals surface area contributed by atoms with Gasteiger partial charge in [0.15, 0.2) is 0 Å². The third kappa shape index (κ3) is 3.46. The quantitative estimate of drug-likeness (QED) is 0.656. The Bertz CT molecular complexity index is 1050. The smallest absolute Gasteiger partial charge is 0.335 e. The molecule has 1 aromatic heterocycles. The number of halogens is 1. The second-order valence-electron chi connectivity index (χ2n) is 6.08. The number of rotatable bonds is 5. The van der Waals surface area contributed by atoms with Crippen LogP contribution in [0.3, 0.4) is 0 Å². The van der Waals surface area contributed by atoms with E-state index in [2.05, 4.69) is 15.5 Å². The lowest BCUT2D eigenvalue weighted by atomic mass is 10.2. The minimum absolute atomic E-state index is 0.115. The molecule has 2 aromatic carbocycles. The van der Waals surface area contributed by atoms with E-state index in [9.17, 15) is 14.0 Å². The Balaban J connectivity index is 1.46. The number of carbonyl (C=O) groups is 2. The van der Waals surface area contributed by atoms with Crippen molar-refractivity contribution >= 4 is 29.3 Å². The molecule has 0 atom stereocenters. The van der Waals surface area contributed by atoms with Crippen LogP contribution < -0.4 is 4.90 Å². The van der Waals surface area contributed by atoms with E-state index in [0.717, 1.165) is 11.3 Å². The molecule has 0 radical (unpaired) electrons. The number of benzene rings is 2. The number of carboxylic acids is 1. The topological polar surface area (TPSA) is 101 Å². The van der Waals surface area contributed by atoms with Crippen molar-refractivity contribution < 1.29 is 19.1 Å². The molecule has 0 fully saturated rings. The third-order valence-corrected chi connectivity index (χ3v) is 5.27. The molecule has 8 nitrogen and oxygen atoms in total. The summed E-state index contributed by atoms with van der Waals surface area (Å²) in [6, 6.07) is 10.5. The number of amides is 1. The second-order valence-corrected chi connectivity index (χ2v) is 7.02. The first-order valence-electron chi connectivity index (χ1n) is 8.36. The predicted octanol–water partition coefficient (Wildman–Crippen LogP) is 2.18. The third-order valence-electron chi connectivity index (χ3n) is 4.36. The molecule has 10 heteroatoms. The zero-order valence-corrected chi connectivity index (χ0v) is 15.3. The van der Waals surface area contributed by atoms with Crippen LogP contribution in [0.25, 0.3) is 5.69 Å². The van der Waals surface area contributed by atoms with Crippen molar-refractivity contribution in [3.63, 3.8) is 0 Å². The van der Waals surface area contributed by atoms with Crippen LogP contribution in [-0.4, -0.2) is 49.5 Å². The molecule has 0 bridgehead atoms. The molecule has 0 spiro atoms. The molecule has 1 N–H and O–H groups in total. The maximum Gasteiger partial charge on any atom is 0.335 e. The van der Waals surface area contributed by atoms with Gasteiger partial charge >= 0.3 is 5.97 Å². The van der Waals surface area contributed by atoms with Gasteiger partial charge in [-0.05, 0) is 64.9 Å². The minimum atomic E-state index is -1.02. The number of carbonyl (C=O) groups excluding carboxylic acids is 1. The highest BCUT2D eigenvalue weighted by atomic mass is 32.2. The first-order valence-corrected chi connectivity index (χ1v) is 9.35. The summed E-state index contributed by atoms with van der Waals surface area (Å²) in [5.41, 5.74) is 2.30. The Morgan fingerprint density at radius 2 is 1.96 bits per heavy atom. The molecule has 0 saturated heterocycles. The number of hydrogen-bond acceptors (Lipinski definition) is 6. The normalized spacial score (nSPS) is 12.8. The molecule has 1 aliphatic rings. The molecule has 0 saturated carbocycles. The van der Waals surface area contributed by atoms with Crippen LogP contribution in [-0.2, 0) is 11.2 Å².